The van der Waals surface area contributed by atoms with Gasteiger partial charge in [-0.05, 0) is 37.0 Å². The van der Waals surface area contributed by atoms with Crippen molar-refractivity contribution in [2.75, 3.05) is 53.0 Å². The summed E-state index contributed by atoms with van der Waals surface area (Å²) in [6, 6.07) is 7.91. The van der Waals surface area contributed by atoms with Crippen molar-refractivity contribution in [3.8, 4) is 5.75 Å². The number of nitrogens with one attached hydrogen (secondary N) is 2. The van der Waals surface area contributed by atoms with Crippen molar-refractivity contribution in [3.63, 3.8) is 0 Å². The molecule has 0 amide bonds. The van der Waals surface area contributed by atoms with E-state index in [9.17, 15) is 5.11 Å². The Balaban J connectivity index is 0.00000450. The predicted octanol–water partition coefficient (Wildman–Crippen LogP) is 2.65. The van der Waals surface area contributed by atoms with Gasteiger partial charge >= 0.3 is 0 Å². The molecule has 7 nitrogen and oxygen atoms in total. The first kappa shape index (κ1) is 26.9. The van der Waals surface area contributed by atoms with Gasteiger partial charge in [-0.15, -0.1) is 24.0 Å². The number of hydrogen-bond acceptors (Lipinski definition) is 5. The van der Waals surface area contributed by atoms with Gasteiger partial charge in [0.05, 0.1) is 33.0 Å². The van der Waals surface area contributed by atoms with Crippen molar-refractivity contribution < 1.29 is 14.6 Å². The summed E-state index contributed by atoms with van der Waals surface area (Å²) >= 11 is 0. The van der Waals surface area contributed by atoms with Gasteiger partial charge in [-0.25, -0.2) is 0 Å². The summed E-state index contributed by atoms with van der Waals surface area (Å²) in [5.74, 6) is 2.09. The van der Waals surface area contributed by atoms with E-state index in [0.29, 0.717) is 18.5 Å². The second-order valence-corrected chi connectivity index (χ2v) is 7.82. The fourth-order valence-electron chi connectivity index (χ4n) is 3.52. The van der Waals surface area contributed by atoms with Gasteiger partial charge in [0.15, 0.2) is 5.96 Å². The van der Waals surface area contributed by atoms with Crippen LogP contribution in [0.4, 0.5) is 0 Å². The van der Waals surface area contributed by atoms with E-state index in [1.165, 1.54) is 0 Å². The van der Waals surface area contributed by atoms with Crippen LogP contribution in [0.5, 0.6) is 5.75 Å². The van der Waals surface area contributed by atoms with Crippen molar-refractivity contribution in [1.82, 2.24) is 15.5 Å². The third-order valence-electron chi connectivity index (χ3n) is 5.05. The smallest absolute Gasteiger partial charge is 0.191 e. The molecule has 0 aromatic heterocycles. The molecule has 3 N–H and O–H groups in total. The van der Waals surface area contributed by atoms with Crippen LogP contribution in [0, 0.1) is 5.92 Å². The summed E-state index contributed by atoms with van der Waals surface area (Å²) in [6.07, 6.45) is 0.467. The lowest BCUT2D eigenvalue weighted by Crippen LogP contribution is -2.46. The lowest BCUT2D eigenvalue weighted by Gasteiger charge is -2.34. The Hall–Kier alpha value is -1.10. The van der Waals surface area contributed by atoms with Crippen molar-refractivity contribution in [1.29, 1.82) is 0 Å². The van der Waals surface area contributed by atoms with E-state index in [2.05, 4.69) is 29.4 Å². The third kappa shape index (κ3) is 9.36. The average molecular weight is 534 g/mol. The molecule has 0 spiro atoms. The van der Waals surface area contributed by atoms with E-state index >= 15 is 0 Å². The first-order valence-electron chi connectivity index (χ1n) is 10.7. The topological polar surface area (TPSA) is 78.4 Å². The summed E-state index contributed by atoms with van der Waals surface area (Å²) in [5.41, 5.74) is 0.818. The molecule has 1 saturated heterocycles. The summed E-state index contributed by atoms with van der Waals surface area (Å²) in [7, 11) is 1.63. The summed E-state index contributed by atoms with van der Waals surface area (Å²) in [4.78, 5) is 7.31. The maximum atomic E-state index is 10.5. The van der Waals surface area contributed by atoms with Crippen molar-refractivity contribution in [3.05, 3.63) is 29.8 Å². The highest BCUT2D eigenvalue weighted by atomic mass is 127. The minimum atomic E-state index is -0.639. The molecule has 1 heterocycles. The molecule has 1 aromatic carbocycles. The number of aliphatic hydroxyl groups is 1. The molecule has 1 aliphatic heterocycles. The molecular formula is C22H39IN4O3. The number of methoxy groups -OCH3 is 1. The molecule has 1 aromatic rings. The zero-order valence-corrected chi connectivity index (χ0v) is 21.1. The van der Waals surface area contributed by atoms with E-state index in [1.807, 2.05) is 31.2 Å². The number of hydrogen-bond donors (Lipinski definition) is 3. The van der Waals surface area contributed by atoms with Gasteiger partial charge in [0.2, 0.25) is 0 Å². The zero-order chi connectivity index (χ0) is 21.1. The van der Waals surface area contributed by atoms with E-state index < -0.39 is 6.10 Å². The molecule has 2 atom stereocenters. The molecule has 8 heteroatoms. The number of benzene rings is 1. The second-order valence-electron chi connectivity index (χ2n) is 7.82. The van der Waals surface area contributed by atoms with E-state index in [-0.39, 0.29) is 24.0 Å². The summed E-state index contributed by atoms with van der Waals surface area (Å²) in [5, 5.41) is 17.1. The predicted molar refractivity (Wildman–Crippen MR) is 133 cm³/mol. The van der Waals surface area contributed by atoms with Gasteiger partial charge in [0, 0.05) is 32.2 Å². The van der Waals surface area contributed by atoms with Crippen LogP contribution < -0.4 is 15.4 Å². The van der Waals surface area contributed by atoms with Crippen LogP contribution in [0.25, 0.3) is 0 Å². The van der Waals surface area contributed by atoms with Gasteiger partial charge in [-0.2, -0.15) is 0 Å². The van der Waals surface area contributed by atoms with Crippen molar-refractivity contribution in [2.24, 2.45) is 10.9 Å². The largest absolute Gasteiger partial charge is 0.497 e. The fourth-order valence-corrected chi connectivity index (χ4v) is 3.52. The lowest BCUT2D eigenvalue weighted by molar-refractivity contribution is 0.0143. The Morgan fingerprint density at radius 2 is 2.00 bits per heavy atom. The number of aliphatic hydroxyl groups excluding tert-OH is 1. The van der Waals surface area contributed by atoms with Crippen LogP contribution in [0.3, 0.4) is 0 Å². The van der Waals surface area contributed by atoms with Crippen LogP contribution in [0.1, 0.15) is 38.9 Å². The molecule has 0 aliphatic carbocycles. The Kier molecular flexibility index (Phi) is 13.3. The van der Waals surface area contributed by atoms with Gasteiger partial charge in [0.25, 0.3) is 0 Å². The van der Waals surface area contributed by atoms with Crippen LogP contribution in [-0.2, 0) is 4.74 Å². The summed E-state index contributed by atoms with van der Waals surface area (Å²) in [6.45, 7) is 11.9. The minimum Gasteiger partial charge on any atom is -0.497 e. The van der Waals surface area contributed by atoms with E-state index in [1.54, 1.807) is 7.11 Å². The Morgan fingerprint density at radius 1 is 1.27 bits per heavy atom. The second kappa shape index (κ2) is 14.8. The standard InChI is InChI=1S/C22H38N4O3.HI/c1-5-23-22(25-16-21(27)18-7-6-8-20(14-18)28-4)24-15-19(13-17(2)3)26-9-11-29-12-10-26;/h6-8,14,17,19,21,27H,5,9-13,15-16H2,1-4H3,(H2,23,24,25);1H. The monoisotopic (exact) mass is 534 g/mol. The molecule has 172 valence electrons. The number of rotatable bonds is 10. The molecule has 30 heavy (non-hydrogen) atoms. The number of aliphatic imine (C=N–C) groups is 1. The molecule has 0 bridgehead atoms. The highest BCUT2D eigenvalue weighted by Gasteiger charge is 2.22. The van der Waals surface area contributed by atoms with E-state index in [4.69, 9.17) is 14.5 Å². The molecule has 2 unspecified atom stereocenters. The van der Waals surface area contributed by atoms with Gasteiger partial charge < -0.3 is 25.2 Å². The van der Waals surface area contributed by atoms with Crippen LogP contribution in [-0.4, -0.2) is 75.1 Å². The van der Waals surface area contributed by atoms with Crippen molar-refractivity contribution in [2.45, 2.75) is 39.3 Å². The molecule has 1 fully saturated rings. The minimum absolute atomic E-state index is 0. The van der Waals surface area contributed by atoms with Crippen LogP contribution >= 0.6 is 24.0 Å². The maximum Gasteiger partial charge on any atom is 0.191 e. The van der Waals surface area contributed by atoms with E-state index in [0.717, 1.165) is 63.1 Å². The Morgan fingerprint density at radius 3 is 2.63 bits per heavy atom. The zero-order valence-electron chi connectivity index (χ0n) is 18.8. The van der Waals surface area contributed by atoms with Gasteiger partial charge in [-0.3, -0.25) is 9.89 Å². The summed E-state index contributed by atoms with van der Waals surface area (Å²) < 4.78 is 10.7. The molecule has 0 radical (unpaired) electrons. The Bertz CT molecular complexity index is 624. The van der Waals surface area contributed by atoms with Crippen LogP contribution in [0.15, 0.2) is 29.3 Å². The average Bonchev–Trinajstić information content (AvgIpc) is 2.74. The number of ether oxygens (including phenoxy) is 2. The highest BCUT2D eigenvalue weighted by Crippen LogP contribution is 2.18. The van der Waals surface area contributed by atoms with Gasteiger partial charge in [-0.1, -0.05) is 26.0 Å². The number of guanidine groups is 1. The quantitative estimate of drug-likeness (QED) is 0.244. The molecule has 0 saturated carbocycles. The number of morpholine rings is 1. The normalized spacial score (nSPS) is 17.2. The number of nitrogens with zero attached hydrogens (tertiary/aromatic N) is 2. The maximum absolute atomic E-state index is 10.5. The number of halogens is 1. The Labute approximate surface area is 198 Å². The lowest BCUT2D eigenvalue weighted by atomic mass is 10.0. The SMILES string of the molecule is CCNC(=NCC(CC(C)C)N1CCOCC1)NCC(O)c1cccc(OC)c1.I. The molecular weight excluding hydrogens is 495 g/mol. The molecule has 1 aliphatic rings. The first-order valence-corrected chi connectivity index (χ1v) is 10.7. The first-order chi connectivity index (χ1) is 14.0. The van der Waals surface area contributed by atoms with Crippen LogP contribution in [0.2, 0.25) is 0 Å². The third-order valence-corrected chi connectivity index (χ3v) is 5.05. The fraction of sp³-hybridized carbons (Fsp3) is 0.682. The van der Waals surface area contributed by atoms with Crippen molar-refractivity contribution >= 4 is 29.9 Å². The van der Waals surface area contributed by atoms with Gasteiger partial charge in [0.1, 0.15) is 5.75 Å². The highest BCUT2D eigenvalue weighted by molar-refractivity contribution is 14.0. The molecule has 2 rings (SSSR count).